The lowest BCUT2D eigenvalue weighted by Crippen LogP contribution is -2.27. The van der Waals surface area contributed by atoms with E-state index >= 15 is 0 Å². The van der Waals surface area contributed by atoms with Crippen molar-refractivity contribution in [1.29, 1.82) is 5.26 Å². The highest BCUT2D eigenvalue weighted by Crippen LogP contribution is 2.38. The number of carbonyl (C=O) groups is 2. The third kappa shape index (κ3) is 5.60. The van der Waals surface area contributed by atoms with E-state index < -0.39 is 0 Å². The summed E-state index contributed by atoms with van der Waals surface area (Å²) in [6.45, 7) is 3.22. The first-order valence-electron chi connectivity index (χ1n) is 11.2. The lowest BCUT2D eigenvalue weighted by atomic mass is 10.1. The molecule has 0 aliphatic rings. The number of pyridine rings is 2. The molecule has 0 fully saturated rings. The summed E-state index contributed by atoms with van der Waals surface area (Å²) in [7, 11) is 1.50. The van der Waals surface area contributed by atoms with Crippen LogP contribution in [0.1, 0.15) is 25.0 Å². The average Bonchev–Trinajstić information content (AvgIpc) is 2.88. The zero-order valence-corrected chi connectivity index (χ0v) is 21.1. The van der Waals surface area contributed by atoms with Crippen LogP contribution in [0.15, 0.2) is 61.1 Å². The molecular weight excluding hydrogens is 492 g/mol. The van der Waals surface area contributed by atoms with Crippen LogP contribution < -0.4 is 20.3 Å². The number of nitriles is 1. The summed E-state index contributed by atoms with van der Waals surface area (Å²) in [4.78, 5) is 34.2. The van der Waals surface area contributed by atoms with Crippen molar-refractivity contribution in [3.05, 3.63) is 77.2 Å². The van der Waals surface area contributed by atoms with Gasteiger partial charge in [0.2, 0.25) is 11.8 Å². The van der Waals surface area contributed by atoms with Crippen molar-refractivity contribution in [3.8, 4) is 11.8 Å². The monoisotopic (exact) mass is 514 g/mol. The predicted molar refractivity (Wildman–Crippen MR) is 143 cm³/mol. The number of methoxy groups -OCH3 is 1. The van der Waals surface area contributed by atoms with Crippen molar-refractivity contribution in [2.45, 2.75) is 20.4 Å². The van der Waals surface area contributed by atoms with Gasteiger partial charge in [-0.2, -0.15) is 5.26 Å². The molecule has 2 heterocycles. The summed E-state index contributed by atoms with van der Waals surface area (Å²) >= 11 is 6.64. The molecule has 0 radical (unpaired) electrons. The summed E-state index contributed by atoms with van der Waals surface area (Å²) in [5.41, 5.74) is 3.77. The molecule has 2 N–H and O–H groups in total. The number of hydrogen-bond donors (Lipinski definition) is 2. The lowest BCUT2D eigenvalue weighted by Gasteiger charge is -2.22. The molecule has 0 aliphatic heterocycles. The van der Waals surface area contributed by atoms with Crippen LogP contribution in [0.2, 0.25) is 5.02 Å². The van der Waals surface area contributed by atoms with Gasteiger partial charge < -0.3 is 20.3 Å². The first-order chi connectivity index (χ1) is 17.8. The number of fused-ring (bicyclic) bond motifs is 1. The van der Waals surface area contributed by atoms with E-state index in [-0.39, 0.29) is 17.4 Å². The Bertz CT molecular complexity index is 1540. The summed E-state index contributed by atoms with van der Waals surface area (Å²) in [5.74, 6) is 0.0228. The standard InChI is InChI=1S/C27H23ClN6O3/c1-16(35)32-25-10-21-24(11-26(25)37-3)31-14-19(12-29)27(21)33-23-7-6-20(9-22(23)28)34(17(2)36)15-18-5-4-8-30-13-18/h4-11,13-14H,15H2,1-3H3,(H,31,33)(H,32,35). The van der Waals surface area contributed by atoms with Gasteiger partial charge in [0.15, 0.2) is 0 Å². The van der Waals surface area contributed by atoms with Gasteiger partial charge in [-0.1, -0.05) is 17.7 Å². The molecule has 0 unspecified atom stereocenters. The molecule has 10 heteroatoms. The molecule has 4 aromatic rings. The number of benzene rings is 2. The molecule has 0 bridgehead atoms. The first kappa shape index (κ1) is 25.4. The normalized spacial score (nSPS) is 10.5. The van der Waals surface area contributed by atoms with Gasteiger partial charge in [-0.25, -0.2) is 0 Å². The fourth-order valence-electron chi connectivity index (χ4n) is 3.86. The van der Waals surface area contributed by atoms with Gasteiger partial charge in [0.1, 0.15) is 11.8 Å². The molecular formula is C27H23ClN6O3. The predicted octanol–water partition coefficient (Wildman–Crippen LogP) is 5.42. The van der Waals surface area contributed by atoms with Crippen molar-refractivity contribution in [2.75, 3.05) is 22.6 Å². The third-order valence-corrected chi connectivity index (χ3v) is 5.90. The second-order valence-corrected chi connectivity index (χ2v) is 8.57. The molecule has 2 amide bonds. The number of hydrogen-bond acceptors (Lipinski definition) is 7. The molecule has 0 saturated carbocycles. The number of carbonyl (C=O) groups excluding carboxylic acids is 2. The van der Waals surface area contributed by atoms with Crippen LogP contribution >= 0.6 is 11.6 Å². The van der Waals surface area contributed by atoms with Gasteiger partial charge in [0.25, 0.3) is 0 Å². The van der Waals surface area contributed by atoms with Crippen LogP contribution in [-0.2, 0) is 16.1 Å². The Hall–Kier alpha value is -4.68. The largest absolute Gasteiger partial charge is 0.494 e. The van der Waals surface area contributed by atoms with Crippen molar-refractivity contribution in [2.24, 2.45) is 0 Å². The van der Waals surface area contributed by atoms with E-state index in [1.807, 2.05) is 12.1 Å². The Labute approximate surface area is 218 Å². The number of rotatable bonds is 7. The molecule has 37 heavy (non-hydrogen) atoms. The maximum Gasteiger partial charge on any atom is 0.224 e. The Kier molecular flexibility index (Phi) is 7.51. The summed E-state index contributed by atoms with van der Waals surface area (Å²) < 4.78 is 5.39. The average molecular weight is 515 g/mol. The van der Waals surface area contributed by atoms with Crippen LogP contribution in [0.4, 0.5) is 22.7 Å². The van der Waals surface area contributed by atoms with Gasteiger partial charge in [-0.15, -0.1) is 0 Å². The number of nitrogens with one attached hydrogen (secondary N) is 2. The Balaban J connectivity index is 1.73. The summed E-state index contributed by atoms with van der Waals surface area (Å²) in [5, 5.41) is 16.7. The molecule has 0 aliphatic carbocycles. The quantitative estimate of drug-likeness (QED) is 0.338. The minimum Gasteiger partial charge on any atom is -0.494 e. The van der Waals surface area contributed by atoms with Crippen LogP contribution in [0, 0.1) is 11.3 Å². The smallest absolute Gasteiger partial charge is 0.224 e. The molecule has 186 valence electrons. The minimum absolute atomic E-state index is 0.146. The van der Waals surface area contributed by atoms with E-state index in [1.165, 1.54) is 27.2 Å². The SMILES string of the molecule is COc1cc2ncc(C#N)c(Nc3ccc(N(Cc4cccnc4)C(C)=O)cc3Cl)c2cc1NC(C)=O. The van der Waals surface area contributed by atoms with E-state index in [0.717, 1.165) is 5.56 Å². The fraction of sp³-hybridized carbons (Fsp3) is 0.148. The topological polar surface area (TPSA) is 120 Å². The zero-order chi connectivity index (χ0) is 26.5. The van der Waals surface area contributed by atoms with E-state index in [1.54, 1.807) is 47.6 Å². The Morgan fingerprint density at radius 3 is 2.57 bits per heavy atom. The van der Waals surface area contributed by atoms with Crippen molar-refractivity contribution < 1.29 is 14.3 Å². The number of nitrogens with zero attached hydrogens (tertiary/aromatic N) is 4. The van der Waals surface area contributed by atoms with E-state index in [4.69, 9.17) is 16.3 Å². The van der Waals surface area contributed by atoms with Crippen molar-refractivity contribution in [1.82, 2.24) is 9.97 Å². The minimum atomic E-state index is -0.267. The van der Waals surface area contributed by atoms with Gasteiger partial charge >= 0.3 is 0 Å². The highest BCUT2D eigenvalue weighted by atomic mass is 35.5. The number of anilines is 4. The number of aromatic nitrogens is 2. The highest BCUT2D eigenvalue weighted by Gasteiger charge is 2.17. The number of ether oxygens (including phenoxy) is 1. The molecule has 0 atom stereocenters. The molecule has 9 nitrogen and oxygen atoms in total. The maximum atomic E-state index is 12.4. The summed E-state index contributed by atoms with van der Waals surface area (Å²) in [6.07, 6.45) is 4.83. The van der Waals surface area contributed by atoms with E-state index in [0.29, 0.717) is 51.0 Å². The van der Waals surface area contributed by atoms with Crippen LogP contribution in [-0.4, -0.2) is 28.9 Å². The zero-order valence-electron chi connectivity index (χ0n) is 20.4. The van der Waals surface area contributed by atoms with E-state index in [9.17, 15) is 14.9 Å². The Morgan fingerprint density at radius 1 is 1.14 bits per heavy atom. The summed E-state index contributed by atoms with van der Waals surface area (Å²) in [6, 6.07) is 14.4. The fourth-order valence-corrected chi connectivity index (χ4v) is 4.08. The second-order valence-electron chi connectivity index (χ2n) is 8.17. The second kappa shape index (κ2) is 10.9. The van der Waals surface area contributed by atoms with Crippen LogP contribution in [0.25, 0.3) is 10.9 Å². The molecule has 0 spiro atoms. The number of halogens is 1. The molecule has 0 saturated heterocycles. The molecule has 4 rings (SSSR count). The van der Waals surface area contributed by atoms with Crippen molar-refractivity contribution in [3.63, 3.8) is 0 Å². The first-order valence-corrected chi connectivity index (χ1v) is 11.6. The maximum absolute atomic E-state index is 12.4. The van der Waals surface area contributed by atoms with Gasteiger partial charge in [0.05, 0.1) is 46.8 Å². The van der Waals surface area contributed by atoms with Crippen molar-refractivity contribution >= 4 is 57.1 Å². The molecule has 2 aromatic heterocycles. The number of amides is 2. The van der Waals surface area contributed by atoms with Gasteiger partial charge in [-0.05, 0) is 35.9 Å². The highest BCUT2D eigenvalue weighted by molar-refractivity contribution is 6.33. The Morgan fingerprint density at radius 2 is 1.95 bits per heavy atom. The lowest BCUT2D eigenvalue weighted by molar-refractivity contribution is -0.116. The van der Waals surface area contributed by atoms with E-state index in [2.05, 4.69) is 26.7 Å². The van der Waals surface area contributed by atoms with Gasteiger partial charge in [-0.3, -0.25) is 19.6 Å². The van der Waals surface area contributed by atoms with Crippen LogP contribution in [0.3, 0.4) is 0 Å². The third-order valence-electron chi connectivity index (χ3n) is 5.59. The van der Waals surface area contributed by atoms with Crippen LogP contribution in [0.5, 0.6) is 5.75 Å². The van der Waals surface area contributed by atoms with Gasteiger partial charge in [0, 0.05) is 49.6 Å². The molecule has 2 aromatic carbocycles.